The SMILES string of the molecule is O=C(COc1ccc(Cl)cc1)N1CCO[C@@H](COc2ccccc2)C1. The lowest BCUT2D eigenvalue weighted by atomic mass is 10.2. The molecule has 2 aromatic carbocycles. The van der Waals surface area contributed by atoms with Crippen LogP contribution >= 0.6 is 11.6 Å². The zero-order valence-electron chi connectivity index (χ0n) is 13.8. The van der Waals surface area contributed by atoms with E-state index in [2.05, 4.69) is 0 Å². The molecule has 0 radical (unpaired) electrons. The van der Waals surface area contributed by atoms with Crippen LogP contribution in [0.3, 0.4) is 0 Å². The molecule has 0 bridgehead atoms. The molecule has 3 rings (SSSR count). The zero-order valence-corrected chi connectivity index (χ0v) is 14.5. The first-order valence-electron chi connectivity index (χ1n) is 8.16. The van der Waals surface area contributed by atoms with Crippen LogP contribution in [0, 0.1) is 0 Å². The van der Waals surface area contributed by atoms with Gasteiger partial charge in [-0.05, 0) is 36.4 Å². The van der Waals surface area contributed by atoms with Gasteiger partial charge in [-0.25, -0.2) is 0 Å². The van der Waals surface area contributed by atoms with Gasteiger partial charge in [0.25, 0.3) is 5.91 Å². The fraction of sp³-hybridized carbons (Fsp3) is 0.316. The second-order valence-corrected chi connectivity index (χ2v) is 6.14. The van der Waals surface area contributed by atoms with Crippen molar-refractivity contribution in [3.05, 3.63) is 59.6 Å². The van der Waals surface area contributed by atoms with E-state index in [-0.39, 0.29) is 18.6 Å². The Kier molecular flexibility index (Phi) is 6.14. The maximum Gasteiger partial charge on any atom is 0.260 e. The molecule has 25 heavy (non-hydrogen) atoms. The average molecular weight is 362 g/mol. The Morgan fingerprint density at radius 3 is 2.56 bits per heavy atom. The summed E-state index contributed by atoms with van der Waals surface area (Å²) in [5.74, 6) is 1.35. The second kappa shape index (κ2) is 8.74. The minimum absolute atomic E-state index is 0.00606. The van der Waals surface area contributed by atoms with Crippen LogP contribution < -0.4 is 9.47 Å². The molecule has 5 nitrogen and oxygen atoms in total. The highest BCUT2D eigenvalue weighted by molar-refractivity contribution is 6.30. The molecule has 1 aliphatic rings. The van der Waals surface area contributed by atoms with Crippen molar-refractivity contribution in [3.8, 4) is 11.5 Å². The van der Waals surface area contributed by atoms with Crippen molar-refractivity contribution in [2.75, 3.05) is 32.9 Å². The highest BCUT2D eigenvalue weighted by Gasteiger charge is 2.25. The largest absolute Gasteiger partial charge is 0.491 e. The quantitative estimate of drug-likeness (QED) is 0.793. The van der Waals surface area contributed by atoms with E-state index >= 15 is 0 Å². The van der Waals surface area contributed by atoms with E-state index in [4.69, 9.17) is 25.8 Å². The summed E-state index contributed by atoms with van der Waals surface area (Å²) >= 11 is 5.83. The first-order chi connectivity index (χ1) is 12.2. The van der Waals surface area contributed by atoms with Crippen molar-refractivity contribution in [1.29, 1.82) is 0 Å². The Bertz CT molecular complexity index is 678. The standard InChI is InChI=1S/C19H20ClNO4/c20-15-6-8-17(9-7-15)25-14-19(22)21-10-11-23-18(12-21)13-24-16-4-2-1-3-5-16/h1-9,18H,10-14H2/t18-/m1/s1. The second-order valence-electron chi connectivity index (χ2n) is 5.70. The van der Waals surface area contributed by atoms with E-state index in [0.29, 0.717) is 37.1 Å². The number of para-hydroxylation sites is 1. The van der Waals surface area contributed by atoms with Gasteiger partial charge in [0.1, 0.15) is 24.2 Å². The van der Waals surface area contributed by atoms with Gasteiger partial charge in [0.2, 0.25) is 0 Å². The van der Waals surface area contributed by atoms with Gasteiger partial charge < -0.3 is 19.1 Å². The molecule has 0 aromatic heterocycles. The number of nitrogens with zero attached hydrogens (tertiary/aromatic N) is 1. The molecule has 0 saturated carbocycles. The molecular weight excluding hydrogens is 342 g/mol. The summed E-state index contributed by atoms with van der Waals surface area (Å²) in [7, 11) is 0. The number of ether oxygens (including phenoxy) is 3. The van der Waals surface area contributed by atoms with E-state index < -0.39 is 0 Å². The predicted octanol–water partition coefficient (Wildman–Crippen LogP) is 3.03. The number of hydrogen-bond acceptors (Lipinski definition) is 4. The van der Waals surface area contributed by atoms with E-state index in [1.54, 1.807) is 29.2 Å². The molecule has 1 atom stereocenters. The van der Waals surface area contributed by atoms with Crippen LogP contribution in [0.25, 0.3) is 0 Å². The van der Waals surface area contributed by atoms with Gasteiger partial charge in [0.05, 0.1) is 13.2 Å². The lowest BCUT2D eigenvalue weighted by Gasteiger charge is -2.32. The molecule has 1 aliphatic heterocycles. The molecule has 1 heterocycles. The van der Waals surface area contributed by atoms with Crippen LogP contribution in [0.5, 0.6) is 11.5 Å². The van der Waals surface area contributed by atoms with Gasteiger partial charge in [0, 0.05) is 11.6 Å². The minimum Gasteiger partial charge on any atom is -0.491 e. The molecule has 6 heteroatoms. The van der Waals surface area contributed by atoms with Crippen molar-refractivity contribution in [2.24, 2.45) is 0 Å². The molecule has 1 fully saturated rings. The van der Waals surface area contributed by atoms with Crippen LogP contribution in [-0.2, 0) is 9.53 Å². The van der Waals surface area contributed by atoms with Gasteiger partial charge >= 0.3 is 0 Å². The van der Waals surface area contributed by atoms with Crippen LogP contribution in [0.15, 0.2) is 54.6 Å². The van der Waals surface area contributed by atoms with Crippen molar-refractivity contribution in [1.82, 2.24) is 4.90 Å². The van der Waals surface area contributed by atoms with Crippen molar-refractivity contribution >= 4 is 17.5 Å². The van der Waals surface area contributed by atoms with Crippen LogP contribution in [-0.4, -0.2) is 49.8 Å². The third-order valence-corrected chi connectivity index (χ3v) is 4.10. The topological polar surface area (TPSA) is 48.0 Å². The lowest BCUT2D eigenvalue weighted by Crippen LogP contribution is -2.49. The van der Waals surface area contributed by atoms with Crippen LogP contribution in [0.1, 0.15) is 0 Å². The van der Waals surface area contributed by atoms with E-state index in [0.717, 1.165) is 5.75 Å². The molecule has 0 aliphatic carbocycles. The zero-order chi connectivity index (χ0) is 17.5. The van der Waals surface area contributed by atoms with E-state index in [1.165, 1.54) is 0 Å². The molecule has 2 aromatic rings. The minimum atomic E-state index is -0.145. The monoisotopic (exact) mass is 361 g/mol. The summed E-state index contributed by atoms with van der Waals surface area (Å²) in [4.78, 5) is 14.1. The van der Waals surface area contributed by atoms with Gasteiger partial charge in [-0.15, -0.1) is 0 Å². The van der Waals surface area contributed by atoms with E-state index in [9.17, 15) is 4.79 Å². The number of carbonyl (C=O) groups excluding carboxylic acids is 1. The Morgan fingerprint density at radius 1 is 1.08 bits per heavy atom. The first kappa shape index (κ1) is 17.6. The molecule has 0 unspecified atom stereocenters. The highest BCUT2D eigenvalue weighted by Crippen LogP contribution is 2.16. The first-order valence-corrected chi connectivity index (χ1v) is 8.54. The van der Waals surface area contributed by atoms with Crippen molar-refractivity contribution in [3.63, 3.8) is 0 Å². The summed E-state index contributed by atoms with van der Waals surface area (Å²) in [6.45, 7) is 1.95. The molecule has 1 amide bonds. The molecular formula is C19H20ClNO4. The number of morpholine rings is 1. The van der Waals surface area contributed by atoms with Gasteiger partial charge in [0.15, 0.2) is 6.61 Å². The average Bonchev–Trinajstić information content (AvgIpc) is 2.67. The van der Waals surface area contributed by atoms with Crippen LogP contribution in [0.4, 0.5) is 0 Å². The number of rotatable bonds is 6. The van der Waals surface area contributed by atoms with Gasteiger partial charge in [-0.3, -0.25) is 4.79 Å². The fourth-order valence-electron chi connectivity index (χ4n) is 2.52. The number of benzene rings is 2. The van der Waals surface area contributed by atoms with E-state index in [1.807, 2.05) is 30.3 Å². The molecule has 0 spiro atoms. The Labute approximate surface area is 152 Å². The molecule has 132 valence electrons. The molecule has 0 N–H and O–H groups in total. The summed E-state index contributed by atoms with van der Waals surface area (Å²) in [6.07, 6.45) is -0.145. The third kappa shape index (κ3) is 5.37. The van der Waals surface area contributed by atoms with Crippen LogP contribution in [0.2, 0.25) is 5.02 Å². The maximum absolute atomic E-state index is 12.3. The summed E-state index contributed by atoms with van der Waals surface area (Å²) in [6, 6.07) is 16.5. The number of amides is 1. The van der Waals surface area contributed by atoms with Gasteiger partial charge in [-0.1, -0.05) is 29.8 Å². The smallest absolute Gasteiger partial charge is 0.260 e. The third-order valence-electron chi connectivity index (χ3n) is 3.85. The maximum atomic E-state index is 12.3. The summed E-state index contributed by atoms with van der Waals surface area (Å²) in [5.41, 5.74) is 0. The Balaban J connectivity index is 1.45. The fourth-order valence-corrected chi connectivity index (χ4v) is 2.65. The predicted molar refractivity (Wildman–Crippen MR) is 95.2 cm³/mol. The highest BCUT2D eigenvalue weighted by atomic mass is 35.5. The van der Waals surface area contributed by atoms with Crippen molar-refractivity contribution in [2.45, 2.75) is 6.10 Å². The van der Waals surface area contributed by atoms with Crippen molar-refractivity contribution < 1.29 is 19.0 Å². The Morgan fingerprint density at radius 2 is 1.80 bits per heavy atom. The number of halogens is 1. The summed E-state index contributed by atoms with van der Waals surface area (Å²) < 4.78 is 16.9. The normalized spacial score (nSPS) is 17.2. The number of carbonyl (C=O) groups is 1. The van der Waals surface area contributed by atoms with Gasteiger partial charge in [-0.2, -0.15) is 0 Å². The Hall–Kier alpha value is -2.24. The number of hydrogen-bond donors (Lipinski definition) is 0. The molecule has 1 saturated heterocycles. The lowest BCUT2D eigenvalue weighted by molar-refractivity contribution is -0.142. The summed E-state index contributed by atoms with van der Waals surface area (Å²) in [5, 5.41) is 0.633.